The van der Waals surface area contributed by atoms with Gasteiger partial charge in [0.25, 0.3) is 0 Å². The molecule has 12 aromatic carbocycles. The van der Waals surface area contributed by atoms with Crippen molar-refractivity contribution in [3.05, 3.63) is 374 Å². The Morgan fingerprint density at radius 1 is 0.172 bits per heavy atom. The molecule has 0 saturated heterocycles. The number of aromatic nitrogens is 14. The van der Waals surface area contributed by atoms with Gasteiger partial charge in [0.2, 0.25) is 0 Å². The Bertz CT molecular complexity index is 6600. The first-order valence-electron chi connectivity index (χ1n) is 45.3. The van der Waals surface area contributed by atoms with Crippen molar-refractivity contribution in [3.8, 4) is 181 Å². The highest BCUT2D eigenvalue weighted by Crippen LogP contribution is 2.72. The monoisotopic (exact) mass is 1650 g/mol. The molecule has 128 heavy (non-hydrogen) atoms. The second kappa shape index (κ2) is 31.0. The van der Waals surface area contributed by atoms with E-state index in [1.807, 2.05) is 213 Å². The van der Waals surface area contributed by atoms with Crippen LogP contribution in [0.5, 0.6) is 0 Å². The zero-order valence-corrected chi connectivity index (χ0v) is 70.4. The first-order chi connectivity index (χ1) is 63.3. The minimum absolute atomic E-state index is 0.0824. The maximum Gasteiger partial charge on any atom is 0.182 e. The number of hydrogen-bond acceptors (Lipinski definition) is 14. The molecule has 14 heteroatoms. The second-order valence-electron chi connectivity index (χ2n) is 36.3. The molecular weight excluding hydrogens is 1570 g/mol. The van der Waals surface area contributed by atoms with Crippen molar-refractivity contribution in [1.82, 2.24) is 69.8 Å². The van der Waals surface area contributed by atoms with Crippen molar-refractivity contribution in [1.29, 1.82) is 0 Å². The molecule has 8 fully saturated rings. The minimum Gasteiger partial charge on any atom is -0.256 e. The van der Waals surface area contributed by atoms with Gasteiger partial charge in [-0.3, -0.25) is 9.97 Å². The lowest BCUT2D eigenvalue weighted by atomic mass is 9.43. The number of pyridine rings is 2. The van der Waals surface area contributed by atoms with Gasteiger partial charge in [-0.1, -0.05) is 303 Å². The summed E-state index contributed by atoms with van der Waals surface area (Å²) in [4.78, 5) is 71.2. The van der Waals surface area contributed by atoms with Crippen molar-refractivity contribution < 1.29 is 0 Å². The fraction of sp³-hybridized carbons (Fsp3) is 0.175. The summed E-state index contributed by atoms with van der Waals surface area (Å²) in [6, 6.07) is 118. The molecule has 612 valence electrons. The molecule has 6 heterocycles. The van der Waals surface area contributed by atoms with E-state index in [1.54, 1.807) is 0 Å². The highest BCUT2D eigenvalue weighted by atomic mass is 15.1. The van der Waals surface area contributed by atoms with Crippen molar-refractivity contribution in [2.75, 3.05) is 0 Å². The van der Waals surface area contributed by atoms with E-state index in [0.29, 0.717) is 99.3 Å². The molecule has 0 N–H and O–H groups in total. The zero-order chi connectivity index (χ0) is 84.4. The predicted molar refractivity (Wildman–Crippen MR) is 505 cm³/mol. The van der Waals surface area contributed by atoms with Gasteiger partial charge in [-0.25, -0.2) is 59.8 Å². The summed E-state index contributed by atoms with van der Waals surface area (Å²) in [7, 11) is 0. The van der Waals surface area contributed by atoms with E-state index in [-0.39, 0.29) is 10.8 Å². The lowest BCUT2D eigenvalue weighted by molar-refractivity contribution is -0.0399. The van der Waals surface area contributed by atoms with Crippen molar-refractivity contribution in [2.24, 2.45) is 47.3 Å². The number of nitrogens with zero attached hydrogens (tertiary/aromatic N) is 14. The molecule has 0 aliphatic heterocycles. The molecule has 8 saturated carbocycles. The fourth-order valence-corrected chi connectivity index (χ4v) is 24.4. The van der Waals surface area contributed by atoms with E-state index in [1.165, 1.54) is 114 Å². The van der Waals surface area contributed by atoms with Crippen molar-refractivity contribution >= 4 is 0 Å². The predicted octanol–water partition coefficient (Wildman–Crippen LogP) is 25.7. The summed E-state index contributed by atoms with van der Waals surface area (Å²) in [5.41, 5.74) is 26.4. The molecule has 0 atom stereocenters. The van der Waals surface area contributed by atoms with Crippen molar-refractivity contribution in [3.63, 3.8) is 0 Å². The van der Waals surface area contributed by atoms with Crippen LogP contribution in [0, 0.1) is 47.3 Å². The molecular formula is C114H86N14. The Kier molecular flexibility index (Phi) is 18.3. The Morgan fingerprint density at radius 2 is 0.430 bits per heavy atom. The minimum atomic E-state index is -0.0946. The van der Waals surface area contributed by atoms with Gasteiger partial charge in [-0.15, -0.1) is 0 Å². The molecule has 10 aliphatic carbocycles. The molecule has 0 amide bonds. The third-order valence-corrected chi connectivity index (χ3v) is 29.3. The van der Waals surface area contributed by atoms with E-state index in [9.17, 15) is 0 Å². The molecule has 10 aliphatic rings. The molecule has 8 bridgehead atoms. The second-order valence-corrected chi connectivity index (χ2v) is 36.3. The Morgan fingerprint density at radius 3 is 0.758 bits per heavy atom. The van der Waals surface area contributed by atoms with E-state index in [0.717, 1.165) is 102 Å². The summed E-state index contributed by atoms with van der Waals surface area (Å²) in [6.45, 7) is 0. The fourth-order valence-electron chi connectivity index (χ4n) is 24.4. The van der Waals surface area contributed by atoms with Crippen LogP contribution in [0.1, 0.15) is 86.5 Å². The maximum absolute atomic E-state index is 5.28. The normalized spacial score (nSPS) is 21.2. The SMILES string of the molecule is c1ccc(-c2nc(-c3ccccc3)nc(-c3cc(-c4ccc5c(c4)C4(c6cccc(-c7nc(-c8ccccc8)nc(-c8ccccc8)n7)c6-5)C5CC6CC(C5)CC4C6)ccn3)n2)cc1.c1ccc(-c2nc(-c3ccccc3)nc(-c3ccnc(-c4ccc5c(c4)C4(c6cccc(-c7nc(-c8ccccc8)nc(-c8ccccc8)n7)c6-5)C5CC6CC(C5)CC4C6)c3)n2)cc1. The van der Waals surface area contributed by atoms with Gasteiger partial charge >= 0.3 is 0 Å². The van der Waals surface area contributed by atoms with Crippen LogP contribution in [0.4, 0.5) is 0 Å². The van der Waals surface area contributed by atoms with Crippen molar-refractivity contribution in [2.45, 2.75) is 75.0 Å². The zero-order valence-electron chi connectivity index (χ0n) is 70.4. The summed E-state index contributed by atoms with van der Waals surface area (Å²) in [5.74, 6) is 13.4. The molecule has 14 nitrogen and oxygen atoms in total. The molecule has 28 rings (SSSR count). The third kappa shape index (κ3) is 12.9. The van der Waals surface area contributed by atoms with E-state index in [4.69, 9.17) is 69.8 Å². The van der Waals surface area contributed by atoms with E-state index >= 15 is 0 Å². The van der Waals surface area contributed by atoms with Gasteiger partial charge in [0.15, 0.2) is 69.9 Å². The van der Waals surface area contributed by atoms with Crippen LogP contribution in [0.25, 0.3) is 181 Å². The standard InChI is InChI=1S/2C57H43N7/c1-5-14-37(15-6-1)51-59-52(38-16-7-2-8-17-38)62-55(61-51)42-26-27-58-49(34-42)41-24-25-45-48(33-41)57(43-29-35-28-36(31-43)32-44(57)30-35)47-23-13-22-46(50(45)47)56-63-53(39-18-9-3-10-19-39)60-54(64-56)40-20-11-4-12-21-40;1-5-14-37(15-6-1)51-59-52(38-16-7-2-8-17-38)62-55(61-51)46-22-13-23-47-50(46)45-25-24-41(33-48(45)57(47)43-29-35-28-36(31-43)32-44(57)30-35)42-26-27-58-49(34-42)56-63-53(39-18-9-3-10-19-39)60-54(64-56)40-20-11-4-12-21-40/h2*1-27,33-36,43-44H,28-32H2. The maximum atomic E-state index is 5.28. The van der Waals surface area contributed by atoms with Crippen LogP contribution in [0.15, 0.2) is 352 Å². The smallest absolute Gasteiger partial charge is 0.182 e. The summed E-state index contributed by atoms with van der Waals surface area (Å²) < 4.78 is 0. The lowest BCUT2D eigenvalue weighted by Crippen LogP contribution is -2.55. The van der Waals surface area contributed by atoms with Gasteiger partial charge in [0, 0.05) is 90.0 Å². The van der Waals surface area contributed by atoms with Gasteiger partial charge in [-0.2, -0.15) is 0 Å². The van der Waals surface area contributed by atoms with Gasteiger partial charge in [-0.05, 0) is 204 Å². The largest absolute Gasteiger partial charge is 0.256 e. The Labute approximate surface area is 743 Å². The number of fused-ring (bicyclic) bond motifs is 6. The highest BCUT2D eigenvalue weighted by Gasteiger charge is 2.64. The number of benzene rings is 12. The molecule has 6 aromatic heterocycles. The third-order valence-electron chi connectivity index (χ3n) is 29.3. The van der Waals surface area contributed by atoms with Crippen LogP contribution in [-0.2, 0) is 10.8 Å². The van der Waals surface area contributed by atoms with Gasteiger partial charge < -0.3 is 0 Å². The lowest BCUT2D eigenvalue weighted by Gasteiger charge is -2.61. The Hall–Kier alpha value is -15.0. The van der Waals surface area contributed by atoms with E-state index < -0.39 is 0 Å². The quantitative estimate of drug-likeness (QED) is 0.100. The summed E-state index contributed by atoms with van der Waals surface area (Å²) in [5, 5.41) is 0. The van der Waals surface area contributed by atoms with Crippen LogP contribution in [-0.4, -0.2) is 69.8 Å². The average Bonchev–Trinajstić information content (AvgIpc) is 1.49. The van der Waals surface area contributed by atoms with Gasteiger partial charge in [0.05, 0.1) is 5.69 Å². The van der Waals surface area contributed by atoms with Crippen LogP contribution in [0.3, 0.4) is 0 Å². The summed E-state index contributed by atoms with van der Waals surface area (Å²) in [6.07, 6.45) is 16.8. The van der Waals surface area contributed by atoms with Crippen LogP contribution < -0.4 is 0 Å². The molecule has 0 unspecified atom stereocenters. The molecule has 0 radical (unpaired) electrons. The first kappa shape index (κ1) is 75.5. The highest BCUT2D eigenvalue weighted by molar-refractivity contribution is 5.96. The van der Waals surface area contributed by atoms with Gasteiger partial charge in [0.1, 0.15) is 5.69 Å². The molecule has 2 spiro atoms. The number of rotatable bonds is 14. The van der Waals surface area contributed by atoms with Crippen LogP contribution >= 0.6 is 0 Å². The molecule has 18 aromatic rings. The Balaban J connectivity index is 0.000000139. The summed E-state index contributed by atoms with van der Waals surface area (Å²) >= 11 is 0. The first-order valence-corrected chi connectivity index (χ1v) is 45.3. The average molecular weight is 1650 g/mol. The van der Waals surface area contributed by atoms with Crippen LogP contribution in [0.2, 0.25) is 0 Å². The topological polar surface area (TPSA) is 180 Å². The number of hydrogen-bond donors (Lipinski definition) is 0. The van der Waals surface area contributed by atoms with E-state index in [2.05, 4.69) is 140 Å².